The molecule has 2 heterocycles. The largest absolute Gasteiger partial charge is 0.312 e. The summed E-state index contributed by atoms with van der Waals surface area (Å²) in [6.07, 6.45) is 5.37. The minimum Gasteiger partial charge on any atom is -0.312 e. The molecule has 0 bridgehead atoms. The highest BCUT2D eigenvalue weighted by Crippen LogP contribution is 2.29. The topological polar surface area (TPSA) is 23.6 Å². The van der Waals surface area contributed by atoms with Gasteiger partial charge >= 0.3 is 0 Å². The molecule has 0 saturated carbocycles. The van der Waals surface area contributed by atoms with E-state index in [4.69, 9.17) is 0 Å². The Kier molecular flexibility index (Phi) is 3.56. The molecule has 1 fully saturated rings. The van der Waals surface area contributed by atoms with E-state index in [0.29, 0.717) is 18.4 Å². The highest BCUT2D eigenvalue weighted by Gasteiger charge is 2.28. The summed E-state index contributed by atoms with van der Waals surface area (Å²) in [6, 6.07) is 8.73. The Balaban J connectivity index is 1.68. The lowest BCUT2D eigenvalue weighted by Gasteiger charge is -2.33. The van der Waals surface area contributed by atoms with Crippen LogP contribution < -0.4 is 4.90 Å². The molecule has 2 aliphatic heterocycles. The molecular weight excluding hydrogens is 236 g/mol. The number of carbonyl (C=O) groups is 1. The van der Waals surface area contributed by atoms with E-state index in [1.807, 2.05) is 11.0 Å². The van der Waals surface area contributed by atoms with E-state index in [0.717, 1.165) is 31.6 Å². The average molecular weight is 258 g/mol. The molecule has 0 radical (unpaired) electrons. The fraction of sp³-hybridized carbons (Fsp3) is 0.562. The maximum absolute atomic E-state index is 12.5. The molecule has 1 aromatic rings. The van der Waals surface area contributed by atoms with Crippen LogP contribution in [-0.4, -0.2) is 37.0 Å². The van der Waals surface area contributed by atoms with Crippen LogP contribution in [0, 0.1) is 0 Å². The lowest BCUT2D eigenvalue weighted by Crippen LogP contribution is -2.41. The predicted molar refractivity (Wildman–Crippen MR) is 77.4 cm³/mol. The Bertz CT molecular complexity index is 472. The zero-order valence-corrected chi connectivity index (χ0v) is 11.6. The second-order valence-electron chi connectivity index (χ2n) is 5.76. The number of fused-ring (bicyclic) bond motifs is 1. The molecule has 102 valence electrons. The van der Waals surface area contributed by atoms with Gasteiger partial charge in [0.05, 0.1) is 0 Å². The van der Waals surface area contributed by atoms with Crippen LogP contribution in [0.5, 0.6) is 0 Å². The Morgan fingerprint density at radius 3 is 2.95 bits per heavy atom. The lowest BCUT2D eigenvalue weighted by atomic mass is 9.99. The molecule has 1 amide bonds. The number of likely N-dealkylation sites (tertiary alicyclic amines) is 1. The third kappa shape index (κ3) is 2.52. The summed E-state index contributed by atoms with van der Waals surface area (Å²) >= 11 is 0. The van der Waals surface area contributed by atoms with Crippen LogP contribution in [0.15, 0.2) is 24.3 Å². The molecule has 3 nitrogen and oxygen atoms in total. The van der Waals surface area contributed by atoms with Gasteiger partial charge in [-0.25, -0.2) is 0 Å². The van der Waals surface area contributed by atoms with E-state index in [-0.39, 0.29) is 0 Å². The standard InChI is InChI=1S/C16H22N2O/c1-17-10-5-4-7-14(17)12-16(19)18-11-9-13-6-2-3-8-15(13)18/h2-3,6,8,14H,4-5,7,9-12H2,1H3. The number of amides is 1. The molecule has 1 aromatic carbocycles. The van der Waals surface area contributed by atoms with Crippen molar-refractivity contribution in [2.45, 2.75) is 38.1 Å². The number of rotatable bonds is 2. The fourth-order valence-corrected chi connectivity index (χ4v) is 3.31. The number of nitrogens with zero attached hydrogens (tertiary/aromatic N) is 2. The third-order valence-electron chi connectivity index (χ3n) is 4.52. The molecule has 19 heavy (non-hydrogen) atoms. The number of hydrogen-bond donors (Lipinski definition) is 0. The van der Waals surface area contributed by atoms with E-state index in [1.54, 1.807) is 0 Å². The van der Waals surface area contributed by atoms with Crippen LogP contribution in [0.2, 0.25) is 0 Å². The van der Waals surface area contributed by atoms with Gasteiger partial charge in [0, 0.05) is 24.7 Å². The first-order valence-electron chi connectivity index (χ1n) is 7.34. The van der Waals surface area contributed by atoms with E-state index in [2.05, 4.69) is 30.1 Å². The Labute approximate surface area is 115 Å². The molecule has 1 atom stereocenters. The lowest BCUT2D eigenvalue weighted by molar-refractivity contribution is -0.119. The van der Waals surface area contributed by atoms with Gasteiger partial charge in [-0.2, -0.15) is 0 Å². The molecule has 3 rings (SSSR count). The van der Waals surface area contributed by atoms with Gasteiger partial charge in [0.25, 0.3) is 0 Å². The van der Waals surface area contributed by atoms with E-state index < -0.39 is 0 Å². The van der Waals surface area contributed by atoms with E-state index >= 15 is 0 Å². The summed E-state index contributed by atoms with van der Waals surface area (Å²) in [5, 5.41) is 0. The number of carbonyl (C=O) groups excluding carboxylic acids is 1. The van der Waals surface area contributed by atoms with Crippen molar-refractivity contribution in [1.82, 2.24) is 4.90 Å². The van der Waals surface area contributed by atoms with E-state index in [9.17, 15) is 4.79 Å². The summed E-state index contributed by atoms with van der Waals surface area (Å²) in [5.41, 5.74) is 2.44. The van der Waals surface area contributed by atoms with Crippen molar-refractivity contribution in [1.29, 1.82) is 0 Å². The van der Waals surface area contributed by atoms with Crippen LogP contribution >= 0.6 is 0 Å². The molecule has 2 aliphatic rings. The van der Waals surface area contributed by atoms with Gasteiger partial charge in [0.2, 0.25) is 5.91 Å². The third-order valence-corrected chi connectivity index (χ3v) is 4.52. The molecule has 0 aliphatic carbocycles. The van der Waals surface area contributed by atoms with Crippen molar-refractivity contribution in [3.05, 3.63) is 29.8 Å². The van der Waals surface area contributed by atoms with E-state index in [1.165, 1.54) is 18.4 Å². The molecular formula is C16H22N2O. The first-order valence-corrected chi connectivity index (χ1v) is 7.34. The second-order valence-corrected chi connectivity index (χ2v) is 5.76. The fourth-order valence-electron chi connectivity index (χ4n) is 3.31. The highest BCUT2D eigenvalue weighted by atomic mass is 16.2. The maximum Gasteiger partial charge on any atom is 0.228 e. The van der Waals surface area contributed by atoms with Crippen LogP contribution in [-0.2, 0) is 11.2 Å². The van der Waals surface area contributed by atoms with Crippen molar-refractivity contribution in [2.24, 2.45) is 0 Å². The molecule has 0 N–H and O–H groups in total. The monoisotopic (exact) mass is 258 g/mol. The SMILES string of the molecule is CN1CCCCC1CC(=O)N1CCc2ccccc21. The summed E-state index contributed by atoms with van der Waals surface area (Å²) in [6.45, 7) is 1.99. The van der Waals surface area contributed by atoms with Crippen LogP contribution in [0.25, 0.3) is 0 Å². The van der Waals surface area contributed by atoms with Gasteiger partial charge in [-0.3, -0.25) is 4.79 Å². The Hall–Kier alpha value is -1.35. The number of hydrogen-bond acceptors (Lipinski definition) is 2. The van der Waals surface area contributed by atoms with Crippen LogP contribution in [0.4, 0.5) is 5.69 Å². The van der Waals surface area contributed by atoms with Gasteiger partial charge in [-0.15, -0.1) is 0 Å². The van der Waals surface area contributed by atoms with Gasteiger partial charge in [0.15, 0.2) is 0 Å². The predicted octanol–water partition coefficient (Wildman–Crippen LogP) is 2.45. The number of para-hydroxylation sites is 1. The Morgan fingerprint density at radius 2 is 2.11 bits per heavy atom. The zero-order valence-electron chi connectivity index (χ0n) is 11.6. The van der Waals surface area contributed by atoms with Gasteiger partial charge in [0.1, 0.15) is 0 Å². The minimum absolute atomic E-state index is 0.295. The summed E-state index contributed by atoms with van der Waals surface area (Å²) in [5.74, 6) is 0.295. The minimum atomic E-state index is 0.295. The summed E-state index contributed by atoms with van der Waals surface area (Å²) < 4.78 is 0. The average Bonchev–Trinajstić information content (AvgIpc) is 2.85. The Morgan fingerprint density at radius 1 is 1.26 bits per heavy atom. The first-order chi connectivity index (χ1) is 9.25. The van der Waals surface area contributed by atoms with Crippen molar-refractivity contribution in [3.63, 3.8) is 0 Å². The number of piperidine rings is 1. The summed E-state index contributed by atoms with van der Waals surface area (Å²) in [7, 11) is 2.15. The number of benzene rings is 1. The van der Waals surface area contributed by atoms with Gasteiger partial charge in [-0.05, 0) is 44.5 Å². The van der Waals surface area contributed by atoms with Gasteiger partial charge in [-0.1, -0.05) is 24.6 Å². The van der Waals surface area contributed by atoms with Crippen molar-refractivity contribution in [2.75, 3.05) is 25.0 Å². The first kappa shape index (κ1) is 12.7. The van der Waals surface area contributed by atoms with Crippen LogP contribution in [0.3, 0.4) is 0 Å². The quantitative estimate of drug-likeness (QED) is 0.813. The summed E-state index contributed by atoms with van der Waals surface area (Å²) in [4.78, 5) is 16.9. The molecule has 1 unspecified atom stereocenters. The van der Waals surface area contributed by atoms with Crippen molar-refractivity contribution < 1.29 is 4.79 Å². The number of anilines is 1. The smallest absolute Gasteiger partial charge is 0.228 e. The molecule has 3 heteroatoms. The zero-order chi connectivity index (χ0) is 13.2. The normalized spacial score (nSPS) is 23.4. The van der Waals surface area contributed by atoms with Gasteiger partial charge < -0.3 is 9.80 Å². The van der Waals surface area contributed by atoms with Crippen LogP contribution in [0.1, 0.15) is 31.2 Å². The maximum atomic E-state index is 12.5. The molecule has 1 saturated heterocycles. The molecule has 0 spiro atoms. The van der Waals surface area contributed by atoms with Crippen molar-refractivity contribution in [3.8, 4) is 0 Å². The second kappa shape index (κ2) is 5.33. The highest BCUT2D eigenvalue weighted by molar-refractivity contribution is 5.95. The van der Waals surface area contributed by atoms with Crippen molar-refractivity contribution >= 4 is 11.6 Å². The molecule has 0 aromatic heterocycles.